The van der Waals surface area contributed by atoms with Gasteiger partial charge in [0.05, 0.1) is 27.7 Å². The molecule has 0 saturated carbocycles. The first-order valence-electron chi connectivity index (χ1n) is 19.6. The molecule has 10 heteroatoms. The summed E-state index contributed by atoms with van der Waals surface area (Å²) < 4.78 is 34.1. The van der Waals surface area contributed by atoms with E-state index in [2.05, 4.69) is 38.2 Å². The van der Waals surface area contributed by atoms with E-state index in [1.54, 1.807) is 0 Å². The monoisotopic (exact) mass is 717 g/mol. The lowest BCUT2D eigenvalue weighted by Gasteiger charge is -2.24. The Kier molecular flexibility index (Phi) is 31.4. The van der Waals surface area contributed by atoms with Crippen LogP contribution in [0.5, 0.6) is 0 Å². The van der Waals surface area contributed by atoms with E-state index >= 15 is 0 Å². The zero-order chi connectivity index (χ0) is 36.5. The number of likely N-dealkylation sites (N-methyl/N-ethyl adjacent to an activating group) is 1. The molecule has 49 heavy (non-hydrogen) atoms. The van der Waals surface area contributed by atoms with Crippen LogP contribution in [0.2, 0.25) is 0 Å². The van der Waals surface area contributed by atoms with Gasteiger partial charge in [-0.1, -0.05) is 134 Å². The minimum absolute atomic E-state index is 0.0302. The van der Waals surface area contributed by atoms with E-state index < -0.39 is 26.5 Å². The largest absolute Gasteiger partial charge is 0.472 e. The van der Waals surface area contributed by atoms with Gasteiger partial charge in [-0.2, -0.15) is 0 Å². The minimum atomic E-state index is -4.37. The van der Waals surface area contributed by atoms with Crippen LogP contribution >= 0.6 is 7.82 Å². The molecule has 2 unspecified atom stereocenters. The van der Waals surface area contributed by atoms with Gasteiger partial charge in [-0.3, -0.25) is 18.6 Å². The molecule has 0 aromatic carbocycles. The van der Waals surface area contributed by atoms with Gasteiger partial charge in [-0.05, 0) is 38.5 Å². The van der Waals surface area contributed by atoms with Crippen molar-refractivity contribution in [1.82, 2.24) is 0 Å². The van der Waals surface area contributed by atoms with Crippen LogP contribution in [-0.2, 0) is 32.7 Å². The number of hydrogen-bond donors (Lipinski definition) is 1. The Labute approximate surface area is 300 Å². The molecule has 0 radical (unpaired) electrons. The van der Waals surface area contributed by atoms with Crippen molar-refractivity contribution in [1.29, 1.82) is 0 Å². The fourth-order valence-corrected chi connectivity index (χ4v) is 5.83. The molecular formula is C39H75NO8P+. The molecular weight excluding hydrogens is 641 g/mol. The Morgan fingerprint density at radius 3 is 1.67 bits per heavy atom. The summed E-state index contributed by atoms with van der Waals surface area (Å²) >= 11 is 0. The highest BCUT2D eigenvalue weighted by Gasteiger charge is 2.27. The second-order valence-electron chi connectivity index (χ2n) is 14.3. The third-order valence-electron chi connectivity index (χ3n) is 8.23. The Morgan fingerprint density at radius 2 is 1.12 bits per heavy atom. The first-order valence-corrected chi connectivity index (χ1v) is 21.1. The van der Waals surface area contributed by atoms with E-state index in [0.29, 0.717) is 17.4 Å². The Morgan fingerprint density at radius 1 is 0.633 bits per heavy atom. The number of quaternary nitrogens is 1. The quantitative estimate of drug-likeness (QED) is 0.0227. The van der Waals surface area contributed by atoms with E-state index in [4.69, 9.17) is 18.5 Å². The van der Waals surface area contributed by atoms with Crippen molar-refractivity contribution in [2.24, 2.45) is 0 Å². The standard InChI is InChI=1S/C39H74NO8P/c1-6-8-10-12-14-16-18-19-20-22-24-26-28-30-32-39(42)48-37(36-47-49(43,44)46-34-33-40(3,4)5)35-45-38(41)31-29-27-25-23-21-17-15-13-11-9-7-2/h12,14,18-19,37H,6-11,13,15-17,20-36H2,1-5H3/p+1/b14-12-,19-18-. The van der Waals surface area contributed by atoms with Crippen LogP contribution in [0.1, 0.15) is 162 Å². The molecule has 0 saturated heterocycles. The number of phosphoric acid groups is 1. The number of carbonyl (C=O) groups excluding carboxylic acids is 2. The summed E-state index contributed by atoms with van der Waals surface area (Å²) in [6, 6.07) is 0. The summed E-state index contributed by atoms with van der Waals surface area (Å²) in [6.45, 7) is 4.34. The SMILES string of the molecule is CCCC/C=C\C/C=C\CCCCCCCC(=O)OC(COC(=O)CCCCCCCCCCCCC)COP(=O)(O)OCC[N+](C)(C)C. The van der Waals surface area contributed by atoms with Crippen molar-refractivity contribution in [3.8, 4) is 0 Å². The van der Waals surface area contributed by atoms with Gasteiger partial charge in [-0.15, -0.1) is 0 Å². The maximum atomic E-state index is 12.6. The molecule has 0 heterocycles. The molecule has 0 aliphatic heterocycles. The topological polar surface area (TPSA) is 108 Å². The number of esters is 2. The Balaban J connectivity index is 4.45. The molecule has 1 N–H and O–H groups in total. The molecule has 0 amide bonds. The predicted octanol–water partition coefficient (Wildman–Crippen LogP) is 10.4. The first-order chi connectivity index (χ1) is 23.5. The number of ether oxygens (including phenoxy) is 2. The average Bonchev–Trinajstić information content (AvgIpc) is 3.04. The van der Waals surface area contributed by atoms with Gasteiger partial charge in [0.1, 0.15) is 19.8 Å². The molecule has 9 nitrogen and oxygen atoms in total. The second kappa shape index (κ2) is 32.4. The summed E-state index contributed by atoms with van der Waals surface area (Å²) in [5.41, 5.74) is 0. The highest BCUT2D eigenvalue weighted by atomic mass is 31.2. The van der Waals surface area contributed by atoms with Crippen molar-refractivity contribution >= 4 is 19.8 Å². The zero-order valence-corrected chi connectivity index (χ0v) is 33.1. The Hall–Kier alpha value is -1.51. The van der Waals surface area contributed by atoms with E-state index in [-0.39, 0.29) is 32.0 Å². The number of rotatable bonds is 35. The third-order valence-corrected chi connectivity index (χ3v) is 9.22. The maximum absolute atomic E-state index is 12.6. The van der Waals surface area contributed by atoms with Gasteiger partial charge >= 0.3 is 19.8 Å². The second-order valence-corrected chi connectivity index (χ2v) is 15.8. The van der Waals surface area contributed by atoms with Crippen LogP contribution in [0, 0.1) is 0 Å². The van der Waals surface area contributed by atoms with Gasteiger partial charge in [-0.25, -0.2) is 4.57 Å². The summed E-state index contributed by atoms with van der Waals surface area (Å²) in [6.07, 6.45) is 32.2. The molecule has 0 aliphatic carbocycles. The van der Waals surface area contributed by atoms with Crippen LogP contribution in [0.4, 0.5) is 0 Å². The molecule has 0 aliphatic rings. The summed E-state index contributed by atoms with van der Waals surface area (Å²) in [7, 11) is 1.47. The van der Waals surface area contributed by atoms with Crippen LogP contribution in [0.25, 0.3) is 0 Å². The Bertz CT molecular complexity index is 902. The fraction of sp³-hybridized carbons (Fsp3) is 0.846. The summed E-state index contributed by atoms with van der Waals surface area (Å²) in [5, 5.41) is 0. The van der Waals surface area contributed by atoms with E-state index in [1.165, 1.54) is 64.2 Å². The van der Waals surface area contributed by atoms with Gasteiger partial charge in [0.15, 0.2) is 6.10 Å². The van der Waals surface area contributed by atoms with Gasteiger partial charge < -0.3 is 18.9 Å². The van der Waals surface area contributed by atoms with Gasteiger partial charge in [0, 0.05) is 12.8 Å². The molecule has 288 valence electrons. The molecule has 0 aromatic rings. The number of phosphoric ester groups is 1. The van der Waals surface area contributed by atoms with E-state index in [1.807, 2.05) is 21.1 Å². The summed E-state index contributed by atoms with van der Waals surface area (Å²) in [4.78, 5) is 35.2. The number of allylic oxidation sites excluding steroid dienone is 4. The van der Waals surface area contributed by atoms with E-state index in [9.17, 15) is 19.0 Å². The molecule has 0 rings (SSSR count). The molecule has 0 spiro atoms. The van der Waals surface area contributed by atoms with Gasteiger partial charge in [0.25, 0.3) is 0 Å². The number of hydrogen-bond acceptors (Lipinski definition) is 7. The highest BCUT2D eigenvalue weighted by molar-refractivity contribution is 7.47. The normalized spacial score (nSPS) is 14.0. The highest BCUT2D eigenvalue weighted by Crippen LogP contribution is 2.43. The van der Waals surface area contributed by atoms with Crippen LogP contribution in [0.15, 0.2) is 24.3 Å². The number of unbranched alkanes of at least 4 members (excludes halogenated alkanes) is 17. The molecule has 0 fully saturated rings. The molecule has 0 aromatic heterocycles. The maximum Gasteiger partial charge on any atom is 0.472 e. The molecule has 0 bridgehead atoms. The van der Waals surface area contributed by atoms with E-state index in [0.717, 1.165) is 64.2 Å². The van der Waals surface area contributed by atoms with Crippen LogP contribution in [0.3, 0.4) is 0 Å². The number of nitrogens with zero attached hydrogens (tertiary/aromatic N) is 1. The van der Waals surface area contributed by atoms with Crippen molar-refractivity contribution in [2.75, 3.05) is 47.5 Å². The lowest BCUT2D eigenvalue weighted by atomic mass is 10.1. The predicted molar refractivity (Wildman–Crippen MR) is 201 cm³/mol. The van der Waals surface area contributed by atoms with Crippen LogP contribution in [-0.4, -0.2) is 74.9 Å². The smallest absolute Gasteiger partial charge is 0.462 e. The van der Waals surface area contributed by atoms with Crippen molar-refractivity contribution < 1.29 is 42.1 Å². The third kappa shape index (κ3) is 36.1. The van der Waals surface area contributed by atoms with Crippen molar-refractivity contribution in [2.45, 2.75) is 168 Å². The van der Waals surface area contributed by atoms with Crippen molar-refractivity contribution in [3.05, 3.63) is 24.3 Å². The fourth-order valence-electron chi connectivity index (χ4n) is 5.09. The van der Waals surface area contributed by atoms with Crippen LogP contribution < -0.4 is 0 Å². The average molecular weight is 717 g/mol. The number of carbonyl (C=O) groups is 2. The zero-order valence-electron chi connectivity index (χ0n) is 32.2. The lowest BCUT2D eigenvalue weighted by Crippen LogP contribution is -2.37. The van der Waals surface area contributed by atoms with Crippen molar-refractivity contribution in [3.63, 3.8) is 0 Å². The lowest BCUT2D eigenvalue weighted by molar-refractivity contribution is -0.870. The molecule has 2 atom stereocenters. The van der Waals surface area contributed by atoms with Gasteiger partial charge in [0.2, 0.25) is 0 Å². The summed E-state index contributed by atoms with van der Waals surface area (Å²) in [5.74, 6) is -0.815. The first kappa shape index (κ1) is 47.5. The minimum Gasteiger partial charge on any atom is -0.462 e.